The molecule has 1 aliphatic heterocycles. The number of halogens is 1. The lowest BCUT2D eigenvalue weighted by Gasteiger charge is -2.08. The summed E-state index contributed by atoms with van der Waals surface area (Å²) in [5, 5.41) is 0. The van der Waals surface area contributed by atoms with E-state index in [0.29, 0.717) is 19.4 Å². The van der Waals surface area contributed by atoms with E-state index in [9.17, 15) is 9.59 Å². The maximum Gasteiger partial charge on any atom is 0.229 e. The Balaban J connectivity index is 0.000000283. The van der Waals surface area contributed by atoms with Crippen molar-refractivity contribution in [3.8, 4) is 0 Å². The van der Waals surface area contributed by atoms with E-state index in [1.54, 1.807) is 6.92 Å². The van der Waals surface area contributed by atoms with Crippen molar-refractivity contribution in [3.05, 3.63) is 30.6 Å². The summed E-state index contributed by atoms with van der Waals surface area (Å²) in [5.41, 5.74) is 0. The van der Waals surface area contributed by atoms with Gasteiger partial charge in [0.05, 0.1) is 0 Å². The van der Waals surface area contributed by atoms with E-state index >= 15 is 0 Å². The second kappa shape index (κ2) is 7.98. The topological polar surface area (TPSA) is 51.5 Å². The van der Waals surface area contributed by atoms with Gasteiger partial charge in [0.15, 0.2) is 12.4 Å². The van der Waals surface area contributed by atoms with E-state index in [-0.39, 0.29) is 28.8 Å². The highest BCUT2D eigenvalue weighted by Crippen LogP contribution is 2.09. The number of nitrogens with one attached hydrogen (secondary N) is 1. The number of imide groups is 1. The molecule has 0 saturated carbocycles. The molecule has 0 radical (unpaired) electrons. The second-order valence-corrected chi connectivity index (χ2v) is 3.11. The predicted octanol–water partition coefficient (Wildman–Crippen LogP) is -2.34. The van der Waals surface area contributed by atoms with Crippen molar-refractivity contribution < 1.29 is 31.6 Å². The SMILES string of the molecule is CCN1C(=O)CCC1=O.[Br-].c1cc[nH+]cc1. The van der Waals surface area contributed by atoms with Crippen molar-refractivity contribution in [2.24, 2.45) is 0 Å². The third kappa shape index (κ3) is 4.53. The molecule has 0 atom stereocenters. The van der Waals surface area contributed by atoms with Crippen LogP contribution in [0.4, 0.5) is 0 Å². The molecule has 0 spiro atoms. The zero-order valence-corrected chi connectivity index (χ0v) is 10.7. The molecule has 1 aromatic heterocycles. The molecule has 2 amide bonds. The summed E-state index contributed by atoms with van der Waals surface area (Å²) in [5.74, 6) is -0.0509. The maximum atomic E-state index is 10.7. The first-order valence-electron chi connectivity index (χ1n) is 5.00. The summed E-state index contributed by atoms with van der Waals surface area (Å²) in [6.07, 6.45) is 4.57. The lowest BCUT2D eigenvalue weighted by molar-refractivity contribution is -0.377. The molecule has 0 unspecified atom stereocenters. The lowest BCUT2D eigenvalue weighted by atomic mass is 10.4. The van der Waals surface area contributed by atoms with Crippen LogP contribution in [-0.2, 0) is 9.59 Å². The highest BCUT2D eigenvalue weighted by atomic mass is 79.9. The normalized spacial score (nSPS) is 13.9. The molecule has 88 valence electrons. The highest BCUT2D eigenvalue weighted by Gasteiger charge is 2.26. The first kappa shape index (κ1) is 14.8. The largest absolute Gasteiger partial charge is 1.00 e. The summed E-state index contributed by atoms with van der Waals surface area (Å²) in [6, 6.07) is 5.86. The first-order valence-corrected chi connectivity index (χ1v) is 5.00. The molecule has 1 aliphatic rings. The zero-order chi connectivity index (χ0) is 11.1. The van der Waals surface area contributed by atoms with Gasteiger partial charge in [-0.2, -0.15) is 0 Å². The molecule has 16 heavy (non-hydrogen) atoms. The highest BCUT2D eigenvalue weighted by molar-refractivity contribution is 6.01. The number of aromatic nitrogens is 1. The minimum absolute atomic E-state index is 0. The van der Waals surface area contributed by atoms with Crippen molar-refractivity contribution in [1.29, 1.82) is 0 Å². The van der Waals surface area contributed by atoms with Crippen molar-refractivity contribution in [2.45, 2.75) is 19.8 Å². The van der Waals surface area contributed by atoms with E-state index < -0.39 is 0 Å². The molecule has 4 nitrogen and oxygen atoms in total. The lowest BCUT2D eigenvalue weighted by Crippen LogP contribution is -3.00. The average molecular weight is 287 g/mol. The fourth-order valence-electron chi connectivity index (χ4n) is 1.32. The number of amides is 2. The fourth-order valence-corrected chi connectivity index (χ4v) is 1.32. The monoisotopic (exact) mass is 286 g/mol. The smallest absolute Gasteiger partial charge is 0.229 e. The Morgan fingerprint density at radius 3 is 1.81 bits per heavy atom. The van der Waals surface area contributed by atoms with Crippen LogP contribution in [0.2, 0.25) is 0 Å². The minimum Gasteiger partial charge on any atom is -1.00 e. The fraction of sp³-hybridized carbons (Fsp3) is 0.364. The number of hydrogen-bond donors (Lipinski definition) is 0. The molecule has 1 saturated heterocycles. The second-order valence-electron chi connectivity index (χ2n) is 3.11. The third-order valence-corrected chi connectivity index (χ3v) is 2.08. The number of pyridine rings is 1. The van der Waals surface area contributed by atoms with Crippen molar-refractivity contribution in [2.75, 3.05) is 6.54 Å². The van der Waals surface area contributed by atoms with Crippen LogP contribution in [0.5, 0.6) is 0 Å². The van der Waals surface area contributed by atoms with Gasteiger partial charge in [-0.1, -0.05) is 6.07 Å². The van der Waals surface area contributed by atoms with Crippen LogP contribution in [0, 0.1) is 0 Å². The summed E-state index contributed by atoms with van der Waals surface area (Å²) in [7, 11) is 0. The molecule has 1 aromatic rings. The van der Waals surface area contributed by atoms with Crippen molar-refractivity contribution >= 4 is 11.8 Å². The first-order chi connectivity index (χ1) is 7.25. The quantitative estimate of drug-likeness (QED) is 0.544. The van der Waals surface area contributed by atoms with Gasteiger partial charge >= 0.3 is 0 Å². The Labute approximate surface area is 105 Å². The minimum atomic E-state index is -0.0255. The van der Waals surface area contributed by atoms with Gasteiger partial charge in [0.2, 0.25) is 11.8 Å². The number of aromatic amines is 1. The summed E-state index contributed by atoms with van der Waals surface area (Å²) < 4.78 is 0. The molecule has 0 aliphatic carbocycles. The van der Waals surface area contributed by atoms with E-state index in [0.717, 1.165) is 0 Å². The van der Waals surface area contributed by atoms with Gasteiger partial charge in [0.1, 0.15) is 0 Å². The van der Waals surface area contributed by atoms with E-state index in [2.05, 4.69) is 4.98 Å². The molecule has 5 heteroatoms. The van der Waals surface area contributed by atoms with Gasteiger partial charge in [-0.3, -0.25) is 14.5 Å². The number of H-pyrrole nitrogens is 1. The van der Waals surface area contributed by atoms with Gasteiger partial charge in [-0.05, 0) is 6.92 Å². The number of carbonyl (C=O) groups is 2. The van der Waals surface area contributed by atoms with Crippen molar-refractivity contribution in [1.82, 2.24) is 4.90 Å². The number of nitrogens with zero attached hydrogens (tertiary/aromatic N) is 1. The van der Waals surface area contributed by atoms with Crippen molar-refractivity contribution in [3.63, 3.8) is 0 Å². The summed E-state index contributed by atoms with van der Waals surface area (Å²) >= 11 is 0. The number of hydrogen-bond acceptors (Lipinski definition) is 2. The molecule has 0 aromatic carbocycles. The number of rotatable bonds is 1. The maximum absolute atomic E-state index is 10.7. The third-order valence-electron chi connectivity index (χ3n) is 2.08. The molecule has 2 rings (SSSR count). The van der Waals surface area contributed by atoms with Crippen LogP contribution in [0.1, 0.15) is 19.8 Å². The van der Waals surface area contributed by atoms with E-state index in [4.69, 9.17) is 0 Å². The molecule has 1 fully saturated rings. The van der Waals surface area contributed by atoms with Gasteiger partial charge in [0.25, 0.3) is 0 Å². The molecular formula is C11H15BrN2O2. The molecular weight excluding hydrogens is 272 g/mol. The van der Waals surface area contributed by atoms with Crippen LogP contribution in [-0.4, -0.2) is 23.3 Å². The van der Waals surface area contributed by atoms with E-state index in [1.165, 1.54) is 4.90 Å². The Bertz CT molecular complexity index is 287. The summed E-state index contributed by atoms with van der Waals surface area (Å²) in [6.45, 7) is 2.33. The Morgan fingerprint density at radius 1 is 1.12 bits per heavy atom. The molecule has 2 heterocycles. The van der Waals surface area contributed by atoms with Crippen LogP contribution >= 0.6 is 0 Å². The summed E-state index contributed by atoms with van der Waals surface area (Å²) in [4.78, 5) is 25.6. The van der Waals surface area contributed by atoms with Gasteiger partial charge in [-0.25, -0.2) is 4.98 Å². The predicted molar refractivity (Wildman–Crippen MR) is 54.6 cm³/mol. The van der Waals surface area contributed by atoms with E-state index in [1.807, 2.05) is 30.6 Å². The Kier molecular flexibility index (Phi) is 7.37. The molecule has 1 N–H and O–H groups in total. The van der Waals surface area contributed by atoms with Crippen LogP contribution in [0.15, 0.2) is 30.6 Å². The molecule has 0 bridgehead atoms. The van der Waals surface area contributed by atoms with Gasteiger partial charge < -0.3 is 17.0 Å². The van der Waals surface area contributed by atoms with Crippen LogP contribution in [0.25, 0.3) is 0 Å². The Morgan fingerprint density at radius 2 is 1.62 bits per heavy atom. The number of likely N-dealkylation sites (tertiary alicyclic amines) is 1. The van der Waals surface area contributed by atoms with Gasteiger partial charge in [0, 0.05) is 31.5 Å². The van der Waals surface area contributed by atoms with Crippen LogP contribution in [0.3, 0.4) is 0 Å². The average Bonchev–Trinajstić information content (AvgIpc) is 2.61. The van der Waals surface area contributed by atoms with Gasteiger partial charge in [-0.15, -0.1) is 0 Å². The Hall–Kier alpha value is -1.23. The number of carbonyl (C=O) groups excluding carboxylic acids is 2. The van der Waals surface area contributed by atoms with Crippen LogP contribution < -0.4 is 22.0 Å². The zero-order valence-electron chi connectivity index (χ0n) is 9.15. The standard InChI is InChI=1S/C6H9NO2.C5H5N.BrH/c1-2-7-5(8)3-4-6(7)9;1-2-4-6-5-3-1;/h2-4H2,1H3;1-5H;1H.